The maximum absolute atomic E-state index is 14.0. The van der Waals surface area contributed by atoms with Crippen molar-refractivity contribution < 1.29 is 38.3 Å². The quantitative estimate of drug-likeness (QED) is 0.0658. The standard InChI is InChI=1S/C56H64Cl2N4O8/c1-55(2,3)67-31-45(63)61(39-19-23-59(24-20-39)51(57)49-41-13-9-7-11-33(41)27-37-17-15-35-29-43(35)47(37)49)69-53(65)54(66)70-62(46(64)32-68-56(4,5)6)40-21-25-60(26-22-40)52(58)50-42-14-10-8-12-34(42)28-38-18-16-36-30-44(36)48(38)50/h7-18,27-28,35-36,39-40,43-44,51-52H,19-26,29-32H2,1-6H3. The fraction of sp³-hybridized carbons (Fsp3) is 0.500. The van der Waals surface area contributed by atoms with Gasteiger partial charge in [0.05, 0.1) is 23.3 Å². The Morgan fingerprint density at radius 1 is 0.600 bits per heavy atom. The second-order valence-corrected chi connectivity index (χ2v) is 22.8. The van der Waals surface area contributed by atoms with Crippen molar-refractivity contribution in [2.75, 3.05) is 39.4 Å². The van der Waals surface area contributed by atoms with Crippen LogP contribution in [0.3, 0.4) is 0 Å². The lowest BCUT2D eigenvalue weighted by Gasteiger charge is -2.40. The molecule has 0 radical (unpaired) electrons. The predicted molar refractivity (Wildman–Crippen MR) is 271 cm³/mol. The maximum atomic E-state index is 14.0. The summed E-state index contributed by atoms with van der Waals surface area (Å²) in [6.07, 6.45) is 12.9. The maximum Gasteiger partial charge on any atom is 0.444 e. The summed E-state index contributed by atoms with van der Waals surface area (Å²) in [6.45, 7) is 12.1. The summed E-state index contributed by atoms with van der Waals surface area (Å²) >= 11 is 15.0. The fourth-order valence-corrected chi connectivity index (χ4v) is 11.9. The Balaban J connectivity index is 0.834. The molecular formula is C56H64Cl2N4O8. The van der Waals surface area contributed by atoms with Crippen LogP contribution in [-0.2, 0) is 38.3 Å². The number of amides is 2. The van der Waals surface area contributed by atoms with Crippen molar-refractivity contribution in [2.45, 2.75) is 126 Å². The van der Waals surface area contributed by atoms with E-state index in [1.165, 1.54) is 22.3 Å². The first kappa shape index (κ1) is 48.8. The zero-order valence-electron chi connectivity index (χ0n) is 41.0. The number of fused-ring (bicyclic) bond motifs is 8. The van der Waals surface area contributed by atoms with E-state index in [4.69, 9.17) is 42.4 Å². The van der Waals surface area contributed by atoms with Crippen molar-refractivity contribution in [2.24, 2.45) is 11.8 Å². The molecule has 6 unspecified atom stereocenters. The molecule has 2 saturated carbocycles. The molecule has 2 amide bonds. The van der Waals surface area contributed by atoms with Crippen molar-refractivity contribution >= 4 is 80.7 Å². The number of halogens is 2. The number of benzene rings is 4. The van der Waals surface area contributed by atoms with Crippen molar-refractivity contribution in [3.63, 3.8) is 0 Å². The normalized spacial score (nSPS) is 23.1. The van der Waals surface area contributed by atoms with Crippen LogP contribution in [0, 0.1) is 11.8 Å². The summed E-state index contributed by atoms with van der Waals surface area (Å²) in [6, 6.07) is 20.0. The van der Waals surface area contributed by atoms with E-state index in [1.54, 1.807) is 0 Å². The van der Waals surface area contributed by atoms with Crippen LogP contribution in [0.1, 0.15) is 136 Å². The molecule has 0 N–H and O–H groups in total. The molecule has 4 aromatic carbocycles. The molecule has 0 spiro atoms. The Hall–Kier alpha value is -4.82. The summed E-state index contributed by atoms with van der Waals surface area (Å²) in [5.74, 6) is -2.14. The van der Waals surface area contributed by atoms with Crippen molar-refractivity contribution in [1.29, 1.82) is 0 Å². The van der Waals surface area contributed by atoms with E-state index in [-0.39, 0.29) is 0 Å². The van der Waals surface area contributed by atoms with Crippen LogP contribution in [0.4, 0.5) is 0 Å². The highest BCUT2D eigenvalue weighted by Crippen LogP contribution is 2.58. The molecule has 0 bridgehead atoms. The van der Waals surface area contributed by atoms with E-state index >= 15 is 0 Å². The average Bonchev–Trinajstić information content (AvgIpc) is 4.29. The third kappa shape index (κ3) is 10.1. The number of hydroxylamine groups is 4. The number of piperidine rings is 2. The highest BCUT2D eigenvalue weighted by atomic mass is 35.5. The van der Waals surface area contributed by atoms with Crippen LogP contribution >= 0.6 is 23.2 Å². The molecule has 4 aromatic rings. The number of hydrogen-bond acceptors (Lipinski definition) is 10. The average molecular weight is 992 g/mol. The van der Waals surface area contributed by atoms with Crippen LogP contribution in [0.25, 0.3) is 33.7 Å². The molecule has 70 heavy (non-hydrogen) atoms. The van der Waals surface area contributed by atoms with Crippen LogP contribution in [0.5, 0.6) is 0 Å². The van der Waals surface area contributed by atoms with Gasteiger partial charge in [-0.1, -0.05) is 72.8 Å². The second-order valence-electron chi connectivity index (χ2n) is 22.0. The molecule has 12 nitrogen and oxygen atoms in total. The molecule has 370 valence electrons. The first-order valence-corrected chi connectivity index (χ1v) is 25.9. The number of likely N-dealkylation sites (tertiary alicyclic amines) is 2. The van der Waals surface area contributed by atoms with Crippen LogP contribution in [0.2, 0.25) is 0 Å². The largest absolute Gasteiger partial charge is 0.444 e. The highest BCUT2D eigenvalue weighted by Gasteiger charge is 2.46. The van der Waals surface area contributed by atoms with Gasteiger partial charge in [0.15, 0.2) is 0 Å². The Labute approximate surface area is 420 Å². The smallest absolute Gasteiger partial charge is 0.366 e. The Morgan fingerprint density at radius 2 is 0.971 bits per heavy atom. The molecular weight excluding hydrogens is 928 g/mol. The van der Waals surface area contributed by atoms with E-state index in [2.05, 4.69) is 70.5 Å². The third-order valence-corrected chi connectivity index (χ3v) is 15.8. The summed E-state index contributed by atoms with van der Waals surface area (Å²) in [5, 5.41) is 6.47. The van der Waals surface area contributed by atoms with E-state index in [0.29, 0.717) is 75.5 Å². The molecule has 6 aliphatic rings. The zero-order chi connectivity index (χ0) is 49.2. The monoisotopic (exact) mass is 990 g/mol. The van der Waals surface area contributed by atoms with Gasteiger partial charge in [0.25, 0.3) is 11.8 Å². The van der Waals surface area contributed by atoms with E-state index in [1.807, 2.05) is 65.8 Å². The molecule has 0 aromatic heterocycles. The summed E-state index contributed by atoms with van der Waals surface area (Å²) in [7, 11) is 0. The minimum Gasteiger partial charge on any atom is -0.366 e. The van der Waals surface area contributed by atoms with E-state index in [0.717, 1.165) is 55.6 Å². The fourth-order valence-electron chi connectivity index (χ4n) is 11.1. The van der Waals surface area contributed by atoms with Gasteiger partial charge in [-0.3, -0.25) is 19.4 Å². The van der Waals surface area contributed by atoms with Gasteiger partial charge < -0.3 is 19.1 Å². The number of carbonyl (C=O) groups is 4. The number of ether oxygens (including phenoxy) is 2. The van der Waals surface area contributed by atoms with Gasteiger partial charge in [-0.25, -0.2) is 9.59 Å². The van der Waals surface area contributed by atoms with Crippen molar-refractivity contribution in [3.05, 3.63) is 106 Å². The number of nitrogens with zero attached hydrogens (tertiary/aromatic N) is 4. The number of carbonyl (C=O) groups excluding carboxylic acids is 4. The second kappa shape index (κ2) is 19.3. The molecule has 2 aliphatic heterocycles. The Bertz CT molecular complexity index is 2580. The number of hydrogen-bond donors (Lipinski definition) is 0. The molecule has 10 rings (SSSR count). The van der Waals surface area contributed by atoms with Crippen LogP contribution in [-0.4, -0.2) is 106 Å². The van der Waals surface area contributed by atoms with Gasteiger partial charge in [0.1, 0.15) is 24.2 Å². The molecule has 14 heteroatoms. The number of allylic oxidation sites excluding steroid dienone is 2. The lowest BCUT2D eigenvalue weighted by atomic mass is 9.87. The topological polar surface area (TPSA) is 118 Å². The highest BCUT2D eigenvalue weighted by molar-refractivity contribution is 6.29. The first-order valence-electron chi connectivity index (χ1n) is 25.0. The summed E-state index contributed by atoms with van der Waals surface area (Å²) in [4.78, 5) is 71.6. The number of alkyl halides is 2. The zero-order valence-corrected chi connectivity index (χ0v) is 42.5. The minimum atomic E-state index is -1.43. The van der Waals surface area contributed by atoms with Crippen LogP contribution in [0.15, 0.2) is 72.8 Å². The Morgan fingerprint density at radius 3 is 1.34 bits per heavy atom. The minimum absolute atomic E-state index is 0.392. The van der Waals surface area contributed by atoms with Crippen molar-refractivity contribution in [1.82, 2.24) is 19.9 Å². The molecule has 4 aliphatic carbocycles. The number of rotatable bonds is 10. The van der Waals surface area contributed by atoms with Crippen molar-refractivity contribution in [3.8, 4) is 0 Å². The van der Waals surface area contributed by atoms with Gasteiger partial charge in [-0.15, -0.1) is 23.2 Å². The van der Waals surface area contributed by atoms with Gasteiger partial charge in [-0.2, -0.15) is 10.1 Å². The molecule has 4 fully saturated rings. The van der Waals surface area contributed by atoms with Gasteiger partial charge in [-0.05, 0) is 171 Å². The first-order chi connectivity index (χ1) is 33.4. The van der Waals surface area contributed by atoms with E-state index < -0.39 is 71.3 Å². The van der Waals surface area contributed by atoms with Gasteiger partial charge in [0, 0.05) is 26.2 Å². The molecule has 2 saturated heterocycles. The van der Waals surface area contributed by atoms with Gasteiger partial charge in [0.2, 0.25) is 0 Å². The third-order valence-electron chi connectivity index (χ3n) is 14.9. The lowest BCUT2D eigenvalue weighted by Crippen LogP contribution is -2.52. The van der Waals surface area contributed by atoms with E-state index in [9.17, 15) is 19.2 Å². The van der Waals surface area contributed by atoms with Gasteiger partial charge >= 0.3 is 11.9 Å². The predicted octanol–water partition coefficient (Wildman–Crippen LogP) is 10.6. The SMILES string of the molecule is CC(C)(C)OCC(=O)N(OC(=O)C(=O)ON(C(=O)COC(C)(C)C)C1CCN(C(Cl)c2c3c(cc4ccccc24)C=CC2CC32)CC1)C1CCN(C(Cl)c2c3c(cc4ccccc24)C=CC2CC32)CC1. The van der Waals surface area contributed by atoms with Crippen LogP contribution < -0.4 is 0 Å². The Kier molecular flexibility index (Phi) is 13.5. The summed E-state index contributed by atoms with van der Waals surface area (Å²) in [5.41, 5.74) is 5.10. The summed E-state index contributed by atoms with van der Waals surface area (Å²) < 4.78 is 11.7. The molecule has 6 atom stereocenters. The molecule has 2 heterocycles. The lowest BCUT2D eigenvalue weighted by molar-refractivity contribution is -0.233.